The van der Waals surface area contributed by atoms with Gasteiger partial charge in [0, 0.05) is 13.2 Å². The summed E-state index contributed by atoms with van der Waals surface area (Å²) in [7, 11) is -0.589. The molecule has 0 atom stereocenters. The van der Waals surface area contributed by atoms with Crippen LogP contribution in [0.1, 0.15) is 19.4 Å². The maximum atomic E-state index is 4.99. The van der Waals surface area contributed by atoms with Crippen LogP contribution in [0.4, 0.5) is 0 Å². The Labute approximate surface area is 124 Å². The van der Waals surface area contributed by atoms with Crippen molar-refractivity contribution >= 4 is 10.0 Å². The van der Waals surface area contributed by atoms with E-state index in [0.717, 1.165) is 13.2 Å². The maximum Gasteiger partial charge on any atom is 0.304 e. The monoisotopic (exact) mass is 288 g/mol. The number of hydrogen-bond acceptors (Lipinski definition) is 2. The molecular weight excluding hydrogens is 264 g/mol. The molecule has 0 heterocycles. The van der Waals surface area contributed by atoms with Crippen LogP contribution in [-0.4, -0.2) is 23.2 Å². The lowest BCUT2D eigenvalue weighted by atomic mass is 10.0. The third-order valence-corrected chi connectivity index (χ3v) is 3.95. The van der Waals surface area contributed by atoms with Gasteiger partial charge in [-0.2, -0.15) is 0 Å². The highest BCUT2D eigenvalue weighted by molar-refractivity contribution is 6.17. The molecule has 0 aliphatic rings. The summed E-state index contributed by atoms with van der Waals surface area (Å²) in [6.07, 6.45) is 0. The highest BCUT2D eigenvalue weighted by Gasteiger charge is 1.97. The molecule has 108 valence electrons. The summed E-state index contributed by atoms with van der Waals surface area (Å²) in [6, 6.07) is 18.9. The largest absolute Gasteiger partial charge is 0.399 e. The van der Waals surface area contributed by atoms with E-state index in [-0.39, 0.29) is 0 Å². The molecule has 0 N–H and O–H groups in total. The first-order valence-electron chi connectivity index (χ1n) is 7.06. The SMILES string of the molecule is CCO[SiH2]OCC.Cc1ccccc1-c1ccccc1. The number of benzene rings is 2. The molecule has 0 unspecified atom stereocenters. The molecule has 0 spiro atoms. The van der Waals surface area contributed by atoms with Gasteiger partial charge in [-0.1, -0.05) is 54.6 Å². The van der Waals surface area contributed by atoms with Crippen LogP contribution >= 0.6 is 0 Å². The minimum atomic E-state index is -0.589. The zero-order valence-electron chi connectivity index (χ0n) is 12.6. The normalized spacial score (nSPS) is 9.75. The van der Waals surface area contributed by atoms with Gasteiger partial charge in [-0.25, -0.2) is 0 Å². The molecular formula is C17H24O2Si. The van der Waals surface area contributed by atoms with Crippen LogP contribution in [-0.2, 0) is 8.85 Å². The lowest BCUT2D eigenvalue weighted by Crippen LogP contribution is -2.02. The highest BCUT2D eigenvalue weighted by atomic mass is 28.3. The lowest BCUT2D eigenvalue weighted by Gasteiger charge is -2.04. The summed E-state index contributed by atoms with van der Waals surface area (Å²) in [4.78, 5) is 0. The molecule has 0 amide bonds. The molecule has 2 nitrogen and oxygen atoms in total. The first-order chi connectivity index (χ1) is 9.79. The van der Waals surface area contributed by atoms with Crippen LogP contribution in [0.25, 0.3) is 11.1 Å². The van der Waals surface area contributed by atoms with E-state index in [9.17, 15) is 0 Å². The quantitative estimate of drug-likeness (QED) is 0.616. The Morgan fingerprint density at radius 3 is 1.90 bits per heavy atom. The molecule has 0 saturated heterocycles. The number of rotatable bonds is 5. The zero-order chi connectivity index (χ0) is 14.6. The third kappa shape index (κ3) is 6.15. The van der Waals surface area contributed by atoms with Crippen molar-refractivity contribution in [2.75, 3.05) is 13.2 Å². The van der Waals surface area contributed by atoms with Crippen molar-refractivity contribution in [3.8, 4) is 11.1 Å². The number of aryl methyl sites for hydroxylation is 1. The summed E-state index contributed by atoms with van der Waals surface area (Å²) in [5.41, 5.74) is 3.94. The van der Waals surface area contributed by atoms with Gasteiger partial charge in [0.25, 0.3) is 0 Å². The number of hydrogen-bond donors (Lipinski definition) is 0. The fourth-order valence-electron chi connectivity index (χ4n) is 1.74. The molecule has 2 rings (SSSR count). The van der Waals surface area contributed by atoms with Crippen molar-refractivity contribution in [3.05, 3.63) is 60.2 Å². The molecule has 0 aromatic heterocycles. The molecule has 3 heteroatoms. The van der Waals surface area contributed by atoms with Gasteiger partial charge in [-0.3, -0.25) is 0 Å². The van der Waals surface area contributed by atoms with Crippen LogP contribution in [0, 0.1) is 6.92 Å². The summed E-state index contributed by atoms with van der Waals surface area (Å²) in [5, 5.41) is 0. The average molecular weight is 288 g/mol. The summed E-state index contributed by atoms with van der Waals surface area (Å²) in [6.45, 7) is 7.69. The Morgan fingerprint density at radius 1 is 0.800 bits per heavy atom. The second-order valence-electron chi connectivity index (χ2n) is 4.28. The second kappa shape index (κ2) is 10.4. The zero-order valence-corrected chi connectivity index (χ0v) is 14.0. The minimum Gasteiger partial charge on any atom is -0.399 e. The summed E-state index contributed by atoms with van der Waals surface area (Å²) in [5.74, 6) is 0. The van der Waals surface area contributed by atoms with E-state index in [2.05, 4.69) is 55.5 Å². The van der Waals surface area contributed by atoms with E-state index >= 15 is 0 Å². The Bertz CT molecular complexity index is 467. The Balaban J connectivity index is 0.000000246. The van der Waals surface area contributed by atoms with E-state index in [0.29, 0.717) is 0 Å². The third-order valence-electron chi connectivity index (χ3n) is 2.80. The highest BCUT2D eigenvalue weighted by Crippen LogP contribution is 2.21. The van der Waals surface area contributed by atoms with E-state index in [1.807, 2.05) is 19.9 Å². The molecule has 0 fully saturated rings. The van der Waals surface area contributed by atoms with Crippen molar-refractivity contribution in [1.29, 1.82) is 0 Å². The van der Waals surface area contributed by atoms with Gasteiger partial charge >= 0.3 is 10.0 Å². The van der Waals surface area contributed by atoms with Gasteiger partial charge in [0.1, 0.15) is 0 Å². The van der Waals surface area contributed by atoms with Gasteiger partial charge in [-0.05, 0) is 37.5 Å². The van der Waals surface area contributed by atoms with Crippen LogP contribution in [0.15, 0.2) is 54.6 Å². The molecule has 0 aliphatic carbocycles. The molecule has 0 radical (unpaired) electrons. The average Bonchev–Trinajstić information content (AvgIpc) is 2.50. The molecule has 2 aromatic rings. The summed E-state index contributed by atoms with van der Waals surface area (Å²) < 4.78 is 9.98. The van der Waals surface area contributed by atoms with Crippen LogP contribution in [0.2, 0.25) is 0 Å². The van der Waals surface area contributed by atoms with E-state index in [4.69, 9.17) is 8.85 Å². The maximum absolute atomic E-state index is 4.99. The van der Waals surface area contributed by atoms with Crippen LogP contribution in [0.5, 0.6) is 0 Å². The van der Waals surface area contributed by atoms with Crippen molar-refractivity contribution < 1.29 is 8.85 Å². The molecule has 20 heavy (non-hydrogen) atoms. The topological polar surface area (TPSA) is 18.5 Å². The first kappa shape index (κ1) is 16.6. The smallest absolute Gasteiger partial charge is 0.304 e. The van der Waals surface area contributed by atoms with E-state index in [1.165, 1.54) is 16.7 Å². The van der Waals surface area contributed by atoms with Gasteiger partial charge in [0.2, 0.25) is 0 Å². The van der Waals surface area contributed by atoms with E-state index in [1.54, 1.807) is 0 Å². The second-order valence-corrected chi connectivity index (χ2v) is 5.34. The first-order valence-corrected chi connectivity index (χ1v) is 8.21. The van der Waals surface area contributed by atoms with Crippen molar-refractivity contribution in [2.45, 2.75) is 20.8 Å². The molecule has 2 aromatic carbocycles. The van der Waals surface area contributed by atoms with Crippen LogP contribution in [0.3, 0.4) is 0 Å². The van der Waals surface area contributed by atoms with Gasteiger partial charge in [-0.15, -0.1) is 0 Å². The lowest BCUT2D eigenvalue weighted by molar-refractivity contribution is 0.240. The molecule has 0 saturated carbocycles. The Morgan fingerprint density at radius 2 is 1.35 bits per heavy atom. The fourth-order valence-corrected chi connectivity index (χ4v) is 2.19. The van der Waals surface area contributed by atoms with Gasteiger partial charge in [0.05, 0.1) is 0 Å². The van der Waals surface area contributed by atoms with E-state index < -0.39 is 10.0 Å². The van der Waals surface area contributed by atoms with Gasteiger partial charge < -0.3 is 8.85 Å². The van der Waals surface area contributed by atoms with Crippen molar-refractivity contribution in [2.24, 2.45) is 0 Å². The Kier molecular flexibility index (Phi) is 8.63. The van der Waals surface area contributed by atoms with Crippen molar-refractivity contribution in [1.82, 2.24) is 0 Å². The predicted octanol–water partition coefficient (Wildman–Crippen LogP) is 3.72. The summed E-state index contributed by atoms with van der Waals surface area (Å²) >= 11 is 0. The minimum absolute atomic E-state index is 0.589. The van der Waals surface area contributed by atoms with Crippen molar-refractivity contribution in [3.63, 3.8) is 0 Å². The standard InChI is InChI=1S/C13H12.C4H12O2Si/c1-11-7-5-6-10-13(11)12-8-3-2-4-9-12;1-3-5-7-6-4-2/h2-10H,1H3;3-4,7H2,1-2H3. The predicted molar refractivity (Wildman–Crippen MR) is 88.4 cm³/mol. The van der Waals surface area contributed by atoms with Gasteiger partial charge in [0.15, 0.2) is 0 Å². The Hall–Kier alpha value is -1.42. The molecule has 0 aliphatic heterocycles. The van der Waals surface area contributed by atoms with Crippen LogP contribution < -0.4 is 0 Å². The molecule has 0 bridgehead atoms. The fraction of sp³-hybridized carbons (Fsp3) is 0.294.